The summed E-state index contributed by atoms with van der Waals surface area (Å²) in [5, 5.41) is 4.85. The van der Waals surface area contributed by atoms with Gasteiger partial charge in [0.2, 0.25) is 0 Å². The van der Waals surface area contributed by atoms with E-state index >= 15 is 0 Å². The van der Waals surface area contributed by atoms with Crippen molar-refractivity contribution in [2.24, 2.45) is 11.8 Å². The van der Waals surface area contributed by atoms with Crippen LogP contribution in [0.4, 0.5) is 0 Å². The van der Waals surface area contributed by atoms with Crippen molar-refractivity contribution >= 4 is 27.8 Å². The van der Waals surface area contributed by atoms with Gasteiger partial charge in [-0.1, -0.05) is 26.0 Å². The average molecular weight is 380 g/mol. The average Bonchev–Trinajstić information content (AvgIpc) is 3.11. The predicted molar refractivity (Wildman–Crippen MR) is 113 cm³/mol. The Kier molecular flexibility index (Phi) is 5.36. The molecule has 0 bridgehead atoms. The number of hydrogen-bond donors (Lipinski definition) is 1. The van der Waals surface area contributed by atoms with Crippen LogP contribution < -0.4 is 5.32 Å². The number of nitrogens with one attached hydrogen (secondary N) is 1. The second-order valence-corrected chi connectivity index (χ2v) is 8.38. The van der Waals surface area contributed by atoms with Gasteiger partial charge in [0.1, 0.15) is 5.58 Å². The van der Waals surface area contributed by atoms with Crippen molar-refractivity contribution in [3.63, 3.8) is 0 Å². The van der Waals surface area contributed by atoms with Crippen LogP contribution in [0.15, 0.2) is 34.7 Å². The lowest BCUT2D eigenvalue weighted by Gasteiger charge is -2.34. The fraction of sp³-hybridized carbons (Fsp3) is 0.478. The van der Waals surface area contributed by atoms with Crippen molar-refractivity contribution < 1.29 is 9.21 Å². The molecule has 2 aromatic heterocycles. The minimum atomic E-state index is -0.153. The number of aromatic nitrogens is 1. The molecule has 1 fully saturated rings. The minimum absolute atomic E-state index is 0.153. The molecule has 1 aromatic carbocycles. The minimum Gasteiger partial charge on any atom is -0.450 e. The van der Waals surface area contributed by atoms with E-state index in [9.17, 15) is 4.79 Å². The molecule has 0 spiro atoms. The number of furan rings is 1. The van der Waals surface area contributed by atoms with E-state index in [2.05, 4.69) is 29.0 Å². The lowest BCUT2D eigenvalue weighted by molar-refractivity contribution is 0.0922. The van der Waals surface area contributed by atoms with Gasteiger partial charge in [-0.3, -0.25) is 9.78 Å². The number of rotatable bonds is 5. The zero-order chi connectivity index (χ0) is 19.7. The fourth-order valence-corrected chi connectivity index (χ4v) is 4.54. The molecule has 1 aliphatic heterocycles. The van der Waals surface area contributed by atoms with Crippen molar-refractivity contribution in [1.82, 2.24) is 15.2 Å². The molecule has 0 aliphatic carbocycles. The molecule has 2 atom stereocenters. The summed E-state index contributed by atoms with van der Waals surface area (Å²) in [6, 6.07) is 9.68. The molecule has 0 radical (unpaired) electrons. The Labute approximate surface area is 166 Å². The summed E-state index contributed by atoms with van der Waals surface area (Å²) >= 11 is 0. The van der Waals surface area contributed by atoms with Crippen LogP contribution in [0.5, 0.6) is 0 Å². The van der Waals surface area contributed by atoms with Gasteiger partial charge < -0.3 is 14.6 Å². The number of carbonyl (C=O) groups excluding carboxylic acids is 1. The molecule has 3 aromatic rings. The largest absolute Gasteiger partial charge is 0.450 e. The van der Waals surface area contributed by atoms with E-state index in [0.717, 1.165) is 52.4 Å². The molecule has 1 aliphatic rings. The highest BCUT2D eigenvalue weighted by molar-refractivity contribution is 6.06. The standard InChI is InChI=1S/C23H29N3O2/c1-15-11-16(2)14-26(13-15)10-6-9-24-23(27)21-12-19-17(3)25-20-8-5-4-7-18(20)22(19)28-21/h4-5,7-8,12,15-16H,6,9-11,13-14H2,1-3H3,(H,24,27)/t15-,16-/m0/s1. The van der Waals surface area contributed by atoms with Crippen LogP contribution in [0, 0.1) is 18.8 Å². The molecule has 1 N–H and O–H groups in total. The zero-order valence-corrected chi connectivity index (χ0v) is 17.0. The molecular formula is C23H29N3O2. The summed E-state index contributed by atoms with van der Waals surface area (Å²) in [5.41, 5.74) is 2.51. The third kappa shape index (κ3) is 3.90. The monoisotopic (exact) mass is 379 g/mol. The van der Waals surface area contributed by atoms with Crippen LogP contribution in [0.3, 0.4) is 0 Å². The van der Waals surface area contributed by atoms with Crippen LogP contribution in [0.2, 0.25) is 0 Å². The number of benzene rings is 1. The molecular weight excluding hydrogens is 350 g/mol. The summed E-state index contributed by atoms with van der Waals surface area (Å²) in [6.45, 7) is 10.6. The Morgan fingerprint density at radius 2 is 1.96 bits per heavy atom. The zero-order valence-electron chi connectivity index (χ0n) is 17.0. The number of nitrogens with zero attached hydrogens (tertiary/aromatic N) is 2. The van der Waals surface area contributed by atoms with E-state index in [4.69, 9.17) is 4.42 Å². The summed E-state index contributed by atoms with van der Waals surface area (Å²) in [4.78, 5) is 19.7. The summed E-state index contributed by atoms with van der Waals surface area (Å²) in [7, 11) is 0. The molecule has 1 amide bonds. The van der Waals surface area contributed by atoms with Crippen molar-refractivity contribution in [1.29, 1.82) is 0 Å². The van der Waals surface area contributed by atoms with Crippen LogP contribution in [0.1, 0.15) is 42.9 Å². The first-order valence-corrected chi connectivity index (χ1v) is 10.3. The molecule has 0 saturated carbocycles. The topological polar surface area (TPSA) is 58.4 Å². The maximum atomic E-state index is 12.6. The number of pyridine rings is 1. The van der Waals surface area contributed by atoms with E-state index in [1.165, 1.54) is 19.5 Å². The maximum absolute atomic E-state index is 12.6. The Hall–Kier alpha value is -2.40. The van der Waals surface area contributed by atoms with Crippen LogP contribution in [-0.2, 0) is 0 Å². The Morgan fingerprint density at radius 3 is 2.75 bits per heavy atom. The van der Waals surface area contributed by atoms with Gasteiger partial charge >= 0.3 is 0 Å². The van der Waals surface area contributed by atoms with Gasteiger partial charge in [0.25, 0.3) is 5.91 Å². The number of piperidine rings is 1. The highest BCUT2D eigenvalue weighted by Crippen LogP contribution is 2.29. The van der Waals surface area contributed by atoms with Gasteiger partial charge in [0.15, 0.2) is 5.76 Å². The van der Waals surface area contributed by atoms with E-state index in [0.29, 0.717) is 12.3 Å². The highest BCUT2D eigenvalue weighted by Gasteiger charge is 2.21. The fourth-order valence-electron chi connectivity index (χ4n) is 4.54. The smallest absolute Gasteiger partial charge is 0.287 e. The number of fused-ring (bicyclic) bond motifs is 3. The Bertz CT molecular complexity index is 984. The van der Waals surface area contributed by atoms with E-state index < -0.39 is 0 Å². The molecule has 148 valence electrons. The number of likely N-dealkylation sites (tertiary alicyclic amines) is 1. The van der Waals surface area contributed by atoms with Crippen molar-refractivity contribution in [3.8, 4) is 0 Å². The van der Waals surface area contributed by atoms with Gasteiger partial charge in [-0.2, -0.15) is 0 Å². The van der Waals surface area contributed by atoms with Crippen LogP contribution >= 0.6 is 0 Å². The quantitative estimate of drug-likeness (QED) is 0.668. The third-order valence-corrected chi connectivity index (χ3v) is 5.66. The number of carbonyl (C=O) groups is 1. The van der Waals surface area contributed by atoms with E-state index in [-0.39, 0.29) is 5.91 Å². The third-order valence-electron chi connectivity index (χ3n) is 5.66. The number of hydrogen-bond acceptors (Lipinski definition) is 4. The molecule has 0 unspecified atom stereocenters. The van der Waals surface area contributed by atoms with Gasteiger partial charge in [0, 0.05) is 36.1 Å². The second-order valence-electron chi connectivity index (χ2n) is 8.38. The molecule has 28 heavy (non-hydrogen) atoms. The van der Waals surface area contributed by atoms with E-state index in [1.807, 2.05) is 37.3 Å². The SMILES string of the molecule is Cc1nc2ccccc2c2oc(C(=O)NCCCN3C[C@@H](C)C[C@H](C)C3)cc12. The van der Waals surface area contributed by atoms with Crippen molar-refractivity contribution in [3.05, 3.63) is 41.8 Å². The Balaban J connectivity index is 1.39. The highest BCUT2D eigenvalue weighted by atomic mass is 16.3. The van der Waals surface area contributed by atoms with Gasteiger partial charge in [-0.05, 0) is 56.3 Å². The van der Waals surface area contributed by atoms with Gasteiger partial charge in [-0.25, -0.2) is 0 Å². The van der Waals surface area contributed by atoms with E-state index in [1.54, 1.807) is 0 Å². The Morgan fingerprint density at radius 1 is 1.21 bits per heavy atom. The first-order chi connectivity index (χ1) is 13.5. The molecule has 5 nitrogen and oxygen atoms in total. The molecule has 3 heterocycles. The van der Waals surface area contributed by atoms with Crippen molar-refractivity contribution in [2.45, 2.75) is 33.6 Å². The molecule has 1 saturated heterocycles. The predicted octanol–water partition coefficient (Wildman–Crippen LogP) is 4.39. The number of aryl methyl sites for hydroxylation is 1. The normalized spacial score (nSPS) is 20.7. The van der Waals surface area contributed by atoms with Gasteiger partial charge in [-0.15, -0.1) is 0 Å². The summed E-state index contributed by atoms with van der Waals surface area (Å²) in [6.07, 6.45) is 2.27. The first kappa shape index (κ1) is 18.9. The van der Waals surface area contributed by atoms with Gasteiger partial charge in [0.05, 0.1) is 5.52 Å². The first-order valence-electron chi connectivity index (χ1n) is 10.3. The molecule has 4 rings (SSSR count). The van der Waals surface area contributed by atoms with Crippen LogP contribution in [-0.4, -0.2) is 42.0 Å². The summed E-state index contributed by atoms with van der Waals surface area (Å²) < 4.78 is 5.94. The summed E-state index contributed by atoms with van der Waals surface area (Å²) in [5.74, 6) is 1.73. The second kappa shape index (κ2) is 7.92. The van der Waals surface area contributed by atoms with Crippen molar-refractivity contribution in [2.75, 3.05) is 26.2 Å². The maximum Gasteiger partial charge on any atom is 0.287 e. The lowest BCUT2D eigenvalue weighted by Crippen LogP contribution is -2.40. The van der Waals surface area contributed by atoms with Crippen LogP contribution in [0.25, 0.3) is 21.9 Å². The molecule has 5 heteroatoms. The lowest BCUT2D eigenvalue weighted by atomic mass is 9.92. The number of amides is 1. The number of para-hydroxylation sites is 1.